The molecular formula is C24H23FN2O2. The highest BCUT2D eigenvalue weighted by Crippen LogP contribution is 2.45. The van der Waals surface area contributed by atoms with Crippen molar-refractivity contribution in [2.24, 2.45) is 0 Å². The Kier molecular flexibility index (Phi) is 4.36. The van der Waals surface area contributed by atoms with Gasteiger partial charge in [0.05, 0.1) is 24.3 Å². The average Bonchev–Trinajstić information content (AvgIpc) is 3.32. The Labute approximate surface area is 169 Å². The second-order valence-electron chi connectivity index (χ2n) is 8.25. The van der Waals surface area contributed by atoms with E-state index in [2.05, 4.69) is 17.1 Å². The molecule has 1 saturated carbocycles. The van der Waals surface area contributed by atoms with E-state index in [1.807, 2.05) is 28.8 Å². The zero-order chi connectivity index (χ0) is 20.0. The highest BCUT2D eigenvalue weighted by molar-refractivity contribution is 5.88. The molecule has 1 atom stereocenters. The topological polar surface area (TPSA) is 55.1 Å². The van der Waals surface area contributed by atoms with E-state index in [0.717, 1.165) is 24.1 Å². The van der Waals surface area contributed by atoms with Crippen LogP contribution in [0.4, 0.5) is 4.39 Å². The lowest BCUT2D eigenvalue weighted by Crippen LogP contribution is -2.42. The van der Waals surface area contributed by atoms with Crippen LogP contribution in [-0.4, -0.2) is 26.0 Å². The Morgan fingerprint density at radius 2 is 1.90 bits per heavy atom. The molecule has 2 aromatic carbocycles. The van der Waals surface area contributed by atoms with Crippen molar-refractivity contribution in [3.8, 4) is 11.3 Å². The lowest BCUT2D eigenvalue weighted by Gasteiger charge is -2.35. The maximum atomic E-state index is 14.6. The fraction of sp³-hybridized carbons (Fsp3) is 0.333. The average molecular weight is 390 g/mol. The molecule has 0 spiro atoms. The standard InChI is InChI=1S/C24H23FN2O2/c25-19-8-4-7-18-21-14-26-15-27(21)20(23(18)19)13-22(28)24(29)11-9-17(10-12-24)16-5-2-1-3-6-16/h1-8,14-15,17,20,29H,9-13H2. The first kappa shape index (κ1) is 18.3. The maximum absolute atomic E-state index is 14.6. The van der Waals surface area contributed by atoms with Crippen LogP contribution in [0.15, 0.2) is 61.1 Å². The molecule has 4 nitrogen and oxygen atoms in total. The van der Waals surface area contributed by atoms with Crippen LogP contribution in [0.5, 0.6) is 0 Å². The van der Waals surface area contributed by atoms with Crippen LogP contribution in [-0.2, 0) is 4.79 Å². The van der Waals surface area contributed by atoms with Crippen molar-refractivity contribution in [2.75, 3.05) is 0 Å². The SMILES string of the molecule is O=C(CC1c2c(F)cccc2-c2cncn21)C1(O)CCC(c2ccccc2)CC1. The number of fused-ring (bicyclic) bond motifs is 3. The number of ketones is 1. The Hall–Kier alpha value is -2.79. The summed E-state index contributed by atoms with van der Waals surface area (Å²) in [7, 11) is 0. The van der Waals surface area contributed by atoms with Crippen LogP contribution in [0.25, 0.3) is 11.3 Å². The number of rotatable bonds is 4. The van der Waals surface area contributed by atoms with Crippen LogP contribution < -0.4 is 0 Å². The molecule has 2 aliphatic rings. The van der Waals surface area contributed by atoms with Crippen LogP contribution in [0, 0.1) is 5.82 Å². The molecule has 148 valence electrons. The highest BCUT2D eigenvalue weighted by atomic mass is 19.1. The van der Waals surface area contributed by atoms with Gasteiger partial charge in [0.15, 0.2) is 5.78 Å². The zero-order valence-corrected chi connectivity index (χ0v) is 16.1. The summed E-state index contributed by atoms with van der Waals surface area (Å²) in [5.74, 6) is -0.150. The van der Waals surface area contributed by atoms with Crippen LogP contribution in [0.3, 0.4) is 0 Å². The highest BCUT2D eigenvalue weighted by Gasteiger charge is 2.42. The molecule has 0 bridgehead atoms. The van der Waals surface area contributed by atoms with Gasteiger partial charge in [0, 0.05) is 17.5 Å². The van der Waals surface area contributed by atoms with Crippen molar-refractivity contribution in [1.29, 1.82) is 0 Å². The van der Waals surface area contributed by atoms with E-state index in [4.69, 9.17) is 0 Å². The predicted octanol–water partition coefficient (Wildman–Crippen LogP) is 4.64. The van der Waals surface area contributed by atoms with Crippen LogP contribution >= 0.6 is 0 Å². The maximum Gasteiger partial charge on any atom is 0.166 e. The number of hydrogen-bond acceptors (Lipinski definition) is 3. The van der Waals surface area contributed by atoms with Gasteiger partial charge in [-0.2, -0.15) is 0 Å². The van der Waals surface area contributed by atoms with Crippen LogP contribution in [0.1, 0.15) is 55.2 Å². The number of Topliss-reactive ketones (excluding diaryl/α,β-unsaturated/α-hetero) is 1. The number of imidazole rings is 1. The summed E-state index contributed by atoms with van der Waals surface area (Å²) in [4.78, 5) is 17.3. The third-order valence-corrected chi connectivity index (χ3v) is 6.65. The van der Waals surface area contributed by atoms with E-state index in [1.54, 1.807) is 18.6 Å². The normalized spacial score (nSPS) is 25.4. The number of nitrogens with zero attached hydrogens (tertiary/aromatic N) is 2. The first-order valence-electron chi connectivity index (χ1n) is 10.2. The third-order valence-electron chi connectivity index (χ3n) is 6.65. The van der Waals surface area contributed by atoms with Gasteiger partial charge >= 0.3 is 0 Å². The first-order valence-corrected chi connectivity index (χ1v) is 10.2. The minimum absolute atomic E-state index is 0.0732. The van der Waals surface area contributed by atoms with Gasteiger partial charge in [-0.25, -0.2) is 9.37 Å². The van der Waals surface area contributed by atoms with Crippen molar-refractivity contribution >= 4 is 5.78 Å². The smallest absolute Gasteiger partial charge is 0.166 e. The van der Waals surface area contributed by atoms with Gasteiger partial charge < -0.3 is 9.67 Å². The minimum atomic E-state index is -1.33. The van der Waals surface area contributed by atoms with E-state index >= 15 is 0 Å². The first-order chi connectivity index (χ1) is 14.1. The molecule has 0 amide bonds. The quantitative estimate of drug-likeness (QED) is 0.706. The molecule has 1 unspecified atom stereocenters. The van der Waals surface area contributed by atoms with E-state index in [9.17, 15) is 14.3 Å². The fourth-order valence-corrected chi connectivity index (χ4v) is 5.00. The Bertz CT molecular complexity index is 1050. The molecule has 1 N–H and O–H groups in total. The van der Waals surface area contributed by atoms with Gasteiger partial charge in [0.1, 0.15) is 11.4 Å². The number of aliphatic hydroxyl groups is 1. The number of carbonyl (C=O) groups is 1. The number of aromatic nitrogens is 2. The molecule has 1 aliphatic carbocycles. The summed E-state index contributed by atoms with van der Waals surface area (Å²) in [6.07, 6.45) is 5.85. The molecule has 2 heterocycles. The summed E-state index contributed by atoms with van der Waals surface area (Å²) in [6, 6.07) is 14.8. The van der Waals surface area contributed by atoms with Gasteiger partial charge in [-0.15, -0.1) is 0 Å². The van der Waals surface area contributed by atoms with E-state index in [0.29, 0.717) is 24.3 Å². The molecule has 1 aromatic heterocycles. The number of hydrogen-bond donors (Lipinski definition) is 1. The van der Waals surface area contributed by atoms with Gasteiger partial charge in [0.25, 0.3) is 0 Å². The summed E-state index contributed by atoms with van der Waals surface area (Å²) in [6.45, 7) is 0. The zero-order valence-electron chi connectivity index (χ0n) is 16.1. The largest absolute Gasteiger partial charge is 0.382 e. The second-order valence-corrected chi connectivity index (χ2v) is 8.25. The van der Waals surface area contributed by atoms with Crippen molar-refractivity contribution in [2.45, 2.75) is 49.7 Å². The Morgan fingerprint density at radius 3 is 2.66 bits per heavy atom. The number of carbonyl (C=O) groups excluding carboxylic acids is 1. The second kappa shape index (κ2) is 6.92. The van der Waals surface area contributed by atoms with Crippen molar-refractivity contribution in [3.05, 3.63) is 78.0 Å². The van der Waals surface area contributed by atoms with Gasteiger partial charge in [-0.1, -0.05) is 42.5 Å². The van der Waals surface area contributed by atoms with E-state index < -0.39 is 11.6 Å². The van der Waals surface area contributed by atoms with Crippen molar-refractivity contribution in [3.63, 3.8) is 0 Å². The van der Waals surface area contributed by atoms with Crippen LogP contribution in [0.2, 0.25) is 0 Å². The molecule has 29 heavy (non-hydrogen) atoms. The minimum Gasteiger partial charge on any atom is -0.382 e. The van der Waals surface area contributed by atoms with Crippen molar-refractivity contribution in [1.82, 2.24) is 9.55 Å². The van der Waals surface area contributed by atoms with E-state index in [1.165, 1.54) is 11.6 Å². The summed E-state index contributed by atoms with van der Waals surface area (Å²) < 4.78 is 16.5. The number of benzene rings is 2. The number of halogens is 1. The fourth-order valence-electron chi connectivity index (χ4n) is 5.00. The Morgan fingerprint density at radius 1 is 1.14 bits per heavy atom. The molecule has 3 aromatic rings. The Balaban J connectivity index is 1.35. The molecular weight excluding hydrogens is 367 g/mol. The monoisotopic (exact) mass is 390 g/mol. The summed E-state index contributed by atoms with van der Waals surface area (Å²) in [5.41, 5.74) is 2.05. The predicted molar refractivity (Wildman–Crippen MR) is 108 cm³/mol. The molecule has 5 rings (SSSR count). The van der Waals surface area contributed by atoms with Gasteiger partial charge in [-0.3, -0.25) is 4.79 Å². The molecule has 0 radical (unpaired) electrons. The summed E-state index contributed by atoms with van der Waals surface area (Å²) >= 11 is 0. The van der Waals surface area contributed by atoms with Crippen molar-refractivity contribution < 1.29 is 14.3 Å². The molecule has 5 heteroatoms. The van der Waals surface area contributed by atoms with Gasteiger partial charge in [-0.05, 0) is 43.2 Å². The molecule has 1 fully saturated rings. The summed E-state index contributed by atoms with van der Waals surface area (Å²) in [5, 5.41) is 11.1. The third kappa shape index (κ3) is 3.01. The molecule has 1 aliphatic heterocycles. The van der Waals surface area contributed by atoms with Gasteiger partial charge in [0.2, 0.25) is 0 Å². The lowest BCUT2D eigenvalue weighted by atomic mass is 9.73. The molecule has 0 saturated heterocycles. The lowest BCUT2D eigenvalue weighted by molar-refractivity contribution is -0.141. The van der Waals surface area contributed by atoms with E-state index in [-0.39, 0.29) is 18.0 Å².